The number of aromatic amines is 1. The van der Waals surface area contributed by atoms with Gasteiger partial charge in [-0.1, -0.05) is 23.9 Å². The molecule has 33 heavy (non-hydrogen) atoms. The molecule has 12 heteroatoms. The van der Waals surface area contributed by atoms with Gasteiger partial charge in [0.1, 0.15) is 0 Å². The van der Waals surface area contributed by atoms with E-state index in [1.165, 1.54) is 17.8 Å². The fourth-order valence-electron chi connectivity index (χ4n) is 3.24. The van der Waals surface area contributed by atoms with E-state index in [4.69, 9.17) is 0 Å². The number of alkyl halides is 3. The van der Waals surface area contributed by atoms with Gasteiger partial charge in [-0.05, 0) is 47.7 Å². The van der Waals surface area contributed by atoms with Crippen LogP contribution in [0.3, 0.4) is 0 Å². The first-order valence-electron chi connectivity index (χ1n) is 9.28. The minimum absolute atomic E-state index is 0.240. The largest absolute Gasteiger partial charge is 0.492 e. The van der Waals surface area contributed by atoms with Crippen LogP contribution in [-0.4, -0.2) is 41.2 Å². The fraction of sp³-hybridized carbons (Fsp3) is 0.143. The van der Waals surface area contributed by atoms with Crippen LogP contribution in [-0.2, 0) is 16.0 Å². The van der Waals surface area contributed by atoms with Crippen molar-refractivity contribution >= 4 is 55.5 Å². The summed E-state index contributed by atoms with van der Waals surface area (Å²) in [6, 6.07) is 8.04. The quantitative estimate of drug-likeness (QED) is 0.273. The molecule has 0 bridgehead atoms. The lowest BCUT2D eigenvalue weighted by molar-refractivity contribution is -0.137. The highest BCUT2D eigenvalue weighted by atomic mass is 32.2. The van der Waals surface area contributed by atoms with Gasteiger partial charge in [0.2, 0.25) is 5.88 Å². The molecule has 0 aliphatic carbocycles. The summed E-state index contributed by atoms with van der Waals surface area (Å²) in [5.41, 5.74) is 0.254. The van der Waals surface area contributed by atoms with E-state index in [1.54, 1.807) is 30.7 Å². The highest BCUT2D eigenvalue weighted by molar-refractivity contribution is 8.00. The number of hydrogen-bond acceptors (Lipinski definition) is 7. The van der Waals surface area contributed by atoms with Gasteiger partial charge in [-0.15, -0.1) is 11.3 Å². The van der Waals surface area contributed by atoms with Crippen molar-refractivity contribution in [2.45, 2.75) is 15.4 Å². The highest BCUT2D eigenvalue weighted by Crippen LogP contribution is 2.41. The van der Waals surface area contributed by atoms with Crippen LogP contribution in [0, 0.1) is 0 Å². The number of rotatable bonds is 5. The maximum absolute atomic E-state index is 13.9. The number of thiazole rings is 1. The maximum Gasteiger partial charge on any atom is 0.417 e. The molecule has 2 aromatic carbocycles. The molecule has 0 amide bonds. The Balaban J connectivity index is 1.99. The van der Waals surface area contributed by atoms with Gasteiger partial charge in [-0.3, -0.25) is 5.10 Å². The first-order chi connectivity index (χ1) is 15.5. The average molecular weight is 512 g/mol. The molecule has 0 aliphatic rings. The van der Waals surface area contributed by atoms with E-state index < -0.39 is 26.5 Å². The number of sulfone groups is 1. The Morgan fingerprint density at radius 2 is 1.97 bits per heavy atom. The summed E-state index contributed by atoms with van der Waals surface area (Å²) in [4.78, 5) is 3.93. The van der Waals surface area contributed by atoms with Gasteiger partial charge in [0.15, 0.2) is 14.2 Å². The van der Waals surface area contributed by atoms with Crippen LogP contribution in [0.1, 0.15) is 21.6 Å². The van der Waals surface area contributed by atoms with Gasteiger partial charge in [-0.25, -0.2) is 8.42 Å². The van der Waals surface area contributed by atoms with Crippen molar-refractivity contribution in [3.8, 4) is 5.88 Å². The Morgan fingerprint density at radius 3 is 2.61 bits per heavy atom. The molecule has 2 heterocycles. The standard InChI is InChI=1S/C21H16F3N3O3S3/c1-31-20-26-19(28)18(32-20)15(11-4-6-17-13(7-11)10-25-27-17)8-12-3-5-14(33(2,29)30)9-16(12)21(22,23)24/h3-10,28H,1-2H3,(H,25,27). The molecule has 6 nitrogen and oxygen atoms in total. The number of aromatic nitrogens is 3. The smallest absolute Gasteiger partial charge is 0.417 e. The first kappa shape index (κ1) is 23.3. The minimum Gasteiger partial charge on any atom is -0.492 e. The van der Waals surface area contributed by atoms with E-state index in [1.807, 2.05) is 0 Å². The van der Waals surface area contributed by atoms with Crippen molar-refractivity contribution in [3.05, 3.63) is 64.2 Å². The van der Waals surface area contributed by atoms with Gasteiger partial charge in [0, 0.05) is 17.2 Å². The summed E-state index contributed by atoms with van der Waals surface area (Å²) in [5, 5.41) is 18.0. The third kappa shape index (κ3) is 4.77. The SMILES string of the molecule is CSc1nc(O)c(C(=Cc2ccc(S(C)(=O)=O)cc2C(F)(F)F)c2ccc3[nH]ncc3c2)s1. The second kappa shape index (κ2) is 8.50. The van der Waals surface area contributed by atoms with Crippen molar-refractivity contribution in [1.82, 2.24) is 15.2 Å². The third-order valence-corrected chi connectivity index (χ3v) is 7.99. The highest BCUT2D eigenvalue weighted by Gasteiger charge is 2.34. The van der Waals surface area contributed by atoms with Crippen LogP contribution in [0.4, 0.5) is 13.2 Å². The van der Waals surface area contributed by atoms with E-state index in [0.717, 1.165) is 40.6 Å². The molecule has 0 saturated carbocycles. The van der Waals surface area contributed by atoms with Crippen LogP contribution in [0.25, 0.3) is 22.6 Å². The van der Waals surface area contributed by atoms with Crippen molar-refractivity contribution in [1.29, 1.82) is 0 Å². The van der Waals surface area contributed by atoms with Crippen LogP contribution in [0.2, 0.25) is 0 Å². The monoisotopic (exact) mass is 511 g/mol. The number of nitrogens with zero attached hydrogens (tertiary/aromatic N) is 2. The van der Waals surface area contributed by atoms with Crippen LogP contribution >= 0.6 is 23.1 Å². The summed E-state index contributed by atoms with van der Waals surface area (Å²) in [6.45, 7) is 0. The molecule has 0 saturated heterocycles. The normalized spacial score (nSPS) is 13.1. The predicted molar refractivity (Wildman–Crippen MR) is 123 cm³/mol. The summed E-state index contributed by atoms with van der Waals surface area (Å²) in [5.74, 6) is -0.302. The molecule has 0 spiro atoms. The number of H-pyrrole nitrogens is 1. The van der Waals surface area contributed by atoms with Crippen LogP contribution < -0.4 is 0 Å². The van der Waals surface area contributed by atoms with Crippen LogP contribution in [0.5, 0.6) is 5.88 Å². The van der Waals surface area contributed by atoms with E-state index in [9.17, 15) is 26.7 Å². The molecular weight excluding hydrogens is 495 g/mol. The molecule has 0 unspecified atom stereocenters. The van der Waals surface area contributed by atoms with Gasteiger partial charge in [-0.2, -0.15) is 23.3 Å². The second-order valence-electron chi connectivity index (χ2n) is 7.09. The number of halogens is 3. The summed E-state index contributed by atoms with van der Waals surface area (Å²) in [7, 11) is -3.84. The number of aromatic hydroxyl groups is 1. The molecule has 0 atom stereocenters. The lowest BCUT2D eigenvalue weighted by Crippen LogP contribution is -2.10. The summed E-state index contributed by atoms with van der Waals surface area (Å²) in [6.07, 6.45) is 0.690. The molecule has 2 aromatic heterocycles. The Bertz CT molecular complexity index is 1490. The molecule has 4 rings (SSSR count). The van der Waals surface area contributed by atoms with Crippen molar-refractivity contribution in [3.63, 3.8) is 0 Å². The number of thioether (sulfide) groups is 1. The zero-order valence-corrected chi connectivity index (χ0v) is 19.6. The Morgan fingerprint density at radius 1 is 1.21 bits per heavy atom. The Kier molecular flexibility index (Phi) is 6.01. The second-order valence-corrected chi connectivity index (χ2v) is 11.2. The predicted octanol–water partition coefficient (Wildman–Crippen LogP) is 5.46. The van der Waals surface area contributed by atoms with Gasteiger partial charge >= 0.3 is 6.18 Å². The van der Waals surface area contributed by atoms with Crippen LogP contribution in [0.15, 0.2) is 51.8 Å². The van der Waals surface area contributed by atoms with E-state index in [0.29, 0.717) is 26.4 Å². The Hall–Kier alpha value is -2.83. The average Bonchev–Trinajstić information content (AvgIpc) is 3.36. The zero-order valence-electron chi connectivity index (χ0n) is 17.1. The molecular formula is C21H16F3N3O3S3. The lowest BCUT2D eigenvalue weighted by Gasteiger charge is -2.14. The number of fused-ring (bicyclic) bond motifs is 1. The summed E-state index contributed by atoms with van der Waals surface area (Å²) < 4.78 is 65.8. The maximum atomic E-state index is 13.9. The van der Waals surface area contributed by atoms with E-state index in [-0.39, 0.29) is 11.4 Å². The van der Waals surface area contributed by atoms with Crippen molar-refractivity contribution in [2.75, 3.05) is 12.5 Å². The van der Waals surface area contributed by atoms with E-state index >= 15 is 0 Å². The number of nitrogens with one attached hydrogen (secondary N) is 1. The topological polar surface area (TPSA) is 95.9 Å². The number of benzene rings is 2. The molecule has 0 aliphatic heterocycles. The lowest BCUT2D eigenvalue weighted by atomic mass is 9.97. The molecule has 172 valence electrons. The molecule has 4 aromatic rings. The van der Waals surface area contributed by atoms with Gasteiger partial charge in [0.25, 0.3) is 0 Å². The summed E-state index contributed by atoms with van der Waals surface area (Å²) >= 11 is 2.44. The first-order valence-corrected chi connectivity index (χ1v) is 13.2. The molecule has 0 radical (unpaired) electrons. The number of hydrogen-bond donors (Lipinski definition) is 2. The van der Waals surface area contributed by atoms with Crippen molar-refractivity contribution < 1.29 is 26.7 Å². The minimum atomic E-state index is -4.80. The van der Waals surface area contributed by atoms with E-state index in [2.05, 4.69) is 15.2 Å². The third-order valence-electron chi connectivity index (χ3n) is 4.82. The molecule has 2 N–H and O–H groups in total. The fourth-order valence-corrected chi connectivity index (χ4v) is 5.38. The van der Waals surface area contributed by atoms with Gasteiger partial charge < -0.3 is 5.11 Å². The van der Waals surface area contributed by atoms with Gasteiger partial charge in [0.05, 0.1) is 27.0 Å². The Labute approximate surface area is 195 Å². The molecule has 0 fully saturated rings. The van der Waals surface area contributed by atoms with Crippen molar-refractivity contribution in [2.24, 2.45) is 0 Å². The zero-order chi connectivity index (χ0) is 24.0.